The number of methoxy groups -OCH3 is 1. The molecule has 2 aromatic carbocycles. The predicted octanol–water partition coefficient (Wildman–Crippen LogP) is 2.66. The van der Waals surface area contributed by atoms with E-state index in [4.69, 9.17) is 9.47 Å². The summed E-state index contributed by atoms with van der Waals surface area (Å²) in [6.07, 6.45) is 4.35. The van der Waals surface area contributed by atoms with Gasteiger partial charge in [0.15, 0.2) is 0 Å². The summed E-state index contributed by atoms with van der Waals surface area (Å²) < 4.78 is 11.3. The van der Waals surface area contributed by atoms with Crippen molar-refractivity contribution in [1.82, 2.24) is 4.90 Å². The zero-order valence-electron chi connectivity index (χ0n) is 16.8. The Morgan fingerprint density at radius 2 is 1.97 bits per heavy atom. The summed E-state index contributed by atoms with van der Waals surface area (Å²) >= 11 is 0. The lowest BCUT2D eigenvalue weighted by Gasteiger charge is -2.23. The Kier molecular flexibility index (Phi) is 4.59. The molecule has 0 aromatic heterocycles. The van der Waals surface area contributed by atoms with Gasteiger partial charge in [0.1, 0.15) is 11.4 Å². The number of anilines is 1. The monoisotopic (exact) mass is 404 g/mol. The van der Waals surface area contributed by atoms with Crippen molar-refractivity contribution in [3.05, 3.63) is 72.3 Å². The molecule has 3 heterocycles. The Morgan fingerprint density at radius 3 is 2.70 bits per heavy atom. The number of nitrogens with one attached hydrogen (secondary N) is 1. The highest BCUT2D eigenvalue weighted by molar-refractivity contribution is 5.99. The number of ether oxygens (including phenoxy) is 2. The summed E-state index contributed by atoms with van der Waals surface area (Å²) in [5.74, 6) is -0.446. The summed E-state index contributed by atoms with van der Waals surface area (Å²) in [6.45, 7) is 1.12. The quantitative estimate of drug-likeness (QED) is 0.752. The third-order valence-corrected chi connectivity index (χ3v) is 6.35. The van der Waals surface area contributed by atoms with Crippen molar-refractivity contribution in [2.24, 2.45) is 11.8 Å². The lowest BCUT2D eigenvalue weighted by atomic mass is 9.77. The third-order valence-electron chi connectivity index (χ3n) is 6.35. The van der Waals surface area contributed by atoms with Crippen LogP contribution < -0.4 is 10.1 Å². The fraction of sp³-hybridized carbons (Fsp3) is 0.333. The second-order valence-electron chi connectivity index (χ2n) is 8.11. The number of amides is 2. The van der Waals surface area contributed by atoms with Crippen molar-refractivity contribution in [3.63, 3.8) is 0 Å². The van der Waals surface area contributed by atoms with Crippen molar-refractivity contribution in [2.75, 3.05) is 25.5 Å². The number of rotatable bonds is 6. The van der Waals surface area contributed by atoms with Gasteiger partial charge in [-0.15, -0.1) is 0 Å². The van der Waals surface area contributed by atoms with E-state index in [1.165, 1.54) is 5.56 Å². The van der Waals surface area contributed by atoms with Gasteiger partial charge in [-0.2, -0.15) is 0 Å². The van der Waals surface area contributed by atoms with Gasteiger partial charge in [-0.05, 0) is 36.2 Å². The number of likely N-dealkylation sites (tertiary alicyclic amines) is 1. The highest BCUT2D eigenvalue weighted by Gasteiger charge is 2.66. The number of nitrogens with zero attached hydrogens (tertiary/aromatic N) is 1. The molecule has 3 aliphatic rings. The third kappa shape index (κ3) is 3.08. The van der Waals surface area contributed by atoms with Crippen molar-refractivity contribution in [2.45, 2.75) is 18.1 Å². The summed E-state index contributed by atoms with van der Waals surface area (Å²) in [4.78, 5) is 28.2. The van der Waals surface area contributed by atoms with Crippen molar-refractivity contribution >= 4 is 17.5 Å². The zero-order chi connectivity index (χ0) is 20.7. The van der Waals surface area contributed by atoms with Crippen LogP contribution in [0.5, 0.6) is 5.75 Å². The number of hydrogen-bond donors (Lipinski definition) is 1. The van der Waals surface area contributed by atoms with E-state index in [1.54, 1.807) is 31.4 Å². The Labute approximate surface area is 175 Å². The van der Waals surface area contributed by atoms with Crippen LogP contribution >= 0.6 is 0 Å². The molecule has 5 rings (SSSR count). The van der Waals surface area contributed by atoms with Crippen molar-refractivity contribution in [1.29, 1.82) is 0 Å². The molecule has 0 saturated carbocycles. The van der Waals surface area contributed by atoms with Gasteiger partial charge in [0, 0.05) is 12.2 Å². The number of fused-ring (bicyclic) bond motifs is 1. The molecule has 1 spiro atoms. The molecule has 4 atom stereocenters. The standard InChI is InChI=1S/C24H24N2O4/c1-29-18-9-7-17(8-10-18)25-22(27)20-19-11-13-24(30-19)15-26(23(28)21(20)24)14-12-16-5-3-2-4-6-16/h2-11,13,19-21H,12,14-15H2,1H3,(H,25,27)/t19-,20-,21+,24+/m1/s1. The van der Waals surface area contributed by atoms with Crippen LogP contribution in [0.4, 0.5) is 5.69 Å². The minimum absolute atomic E-state index is 0.00709. The normalized spacial score (nSPS) is 28.6. The van der Waals surface area contributed by atoms with Gasteiger partial charge in [-0.25, -0.2) is 0 Å². The SMILES string of the molecule is COc1ccc(NC(=O)[C@H]2[C@H]3C(=O)N(CCc4ccccc4)C[C@@]34C=C[C@H]2O4)cc1. The molecular formula is C24H24N2O4. The van der Waals surface area contributed by atoms with Gasteiger partial charge < -0.3 is 19.7 Å². The Morgan fingerprint density at radius 1 is 1.20 bits per heavy atom. The minimum Gasteiger partial charge on any atom is -0.497 e. The van der Waals surface area contributed by atoms with E-state index in [0.29, 0.717) is 18.8 Å². The molecule has 2 bridgehead atoms. The number of hydrogen-bond acceptors (Lipinski definition) is 4. The highest BCUT2D eigenvalue weighted by atomic mass is 16.5. The summed E-state index contributed by atoms with van der Waals surface area (Å²) in [5, 5.41) is 2.94. The Bertz CT molecular complexity index is 988. The number of benzene rings is 2. The minimum atomic E-state index is -0.680. The summed E-state index contributed by atoms with van der Waals surface area (Å²) in [7, 11) is 1.60. The van der Waals surface area contributed by atoms with Crippen LogP contribution in [0.3, 0.4) is 0 Å². The largest absolute Gasteiger partial charge is 0.497 e. The lowest BCUT2D eigenvalue weighted by molar-refractivity contribution is -0.135. The molecule has 6 heteroatoms. The lowest BCUT2D eigenvalue weighted by Crippen LogP contribution is -2.41. The van der Waals surface area contributed by atoms with Gasteiger partial charge in [0.05, 0.1) is 31.6 Å². The predicted molar refractivity (Wildman–Crippen MR) is 112 cm³/mol. The molecule has 0 aliphatic carbocycles. The smallest absolute Gasteiger partial charge is 0.231 e. The van der Waals surface area contributed by atoms with Gasteiger partial charge in [-0.1, -0.05) is 42.5 Å². The topological polar surface area (TPSA) is 67.9 Å². The maximum Gasteiger partial charge on any atom is 0.231 e. The first-order valence-corrected chi connectivity index (χ1v) is 10.2. The van der Waals surface area contributed by atoms with Gasteiger partial charge in [-0.3, -0.25) is 9.59 Å². The summed E-state index contributed by atoms with van der Waals surface area (Å²) in [5.41, 5.74) is 1.18. The van der Waals surface area contributed by atoms with E-state index in [9.17, 15) is 9.59 Å². The summed E-state index contributed by atoms with van der Waals surface area (Å²) in [6, 6.07) is 17.3. The van der Waals surface area contributed by atoms with Gasteiger partial charge in [0.2, 0.25) is 11.8 Å². The van der Waals surface area contributed by atoms with Crippen LogP contribution in [0.2, 0.25) is 0 Å². The molecule has 3 aliphatic heterocycles. The molecule has 2 saturated heterocycles. The number of carbonyl (C=O) groups excluding carboxylic acids is 2. The van der Waals surface area contributed by atoms with Crippen LogP contribution in [0.15, 0.2) is 66.7 Å². The highest BCUT2D eigenvalue weighted by Crippen LogP contribution is 2.52. The molecule has 1 N–H and O–H groups in total. The van der Waals surface area contributed by atoms with Crippen molar-refractivity contribution < 1.29 is 19.1 Å². The maximum atomic E-state index is 13.3. The van der Waals surface area contributed by atoms with Gasteiger partial charge in [0.25, 0.3) is 0 Å². The fourth-order valence-electron chi connectivity index (χ4n) is 4.88. The fourth-order valence-corrected chi connectivity index (χ4v) is 4.88. The molecule has 0 unspecified atom stereocenters. The van der Waals surface area contributed by atoms with E-state index in [2.05, 4.69) is 17.4 Å². The van der Waals surface area contributed by atoms with E-state index in [0.717, 1.165) is 12.2 Å². The Hall–Kier alpha value is -3.12. The Balaban J connectivity index is 1.31. The molecule has 2 fully saturated rings. The van der Waals surface area contributed by atoms with Crippen LogP contribution in [-0.2, 0) is 20.7 Å². The first-order chi connectivity index (χ1) is 14.6. The molecule has 6 nitrogen and oxygen atoms in total. The molecule has 154 valence electrons. The maximum absolute atomic E-state index is 13.3. The second kappa shape index (κ2) is 7.29. The van der Waals surface area contributed by atoms with Gasteiger partial charge >= 0.3 is 0 Å². The van der Waals surface area contributed by atoms with E-state index >= 15 is 0 Å². The molecular weight excluding hydrogens is 380 g/mol. The average Bonchev–Trinajstić information content (AvgIpc) is 3.41. The zero-order valence-corrected chi connectivity index (χ0v) is 16.8. The molecule has 2 aromatic rings. The second-order valence-corrected chi connectivity index (χ2v) is 8.11. The first kappa shape index (κ1) is 18.9. The van der Waals surface area contributed by atoms with Crippen LogP contribution in [0, 0.1) is 11.8 Å². The average molecular weight is 404 g/mol. The van der Waals surface area contributed by atoms with Crippen molar-refractivity contribution in [3.8, 4) is 5.75 Å². The number of carbonyl (C=O) groups is 2. The molecule has 30 heavy (non-hydrogen) atoms. The molecule has 2 amide bonds. The molecule has 0 radical (unpaired) electrons. The van der Waals surface area contributed by atoms with Crippen LogP contribution in [0.1, 0.15) is 5.56 Å². The van der Waals surface area contributed by atoms with Crippen LogP contribution in [-0.4, -0.2) is 48.6 Å². The van der Waals surface area contributed by atoms with E-state index in [-0.39, 0.29) is 17.9 Å². The van der Waals surface area contributed by atoms with E-state index < -0.39 is 17.4 Å². The first-order valence-electron chi connectivity index (χ1n) is 10.2. The van der Waals surface area contributed by atoms with E-state index in [1.807, 2.05) is 35.3 Å². The van der Waals surface area contributed by atoms with Crippen LogP contribution in [0.25, 0.3) is 0 Å².